The number of allylic oxidation sites excluding steroid dienone is 2. The van der Waals surface area contributed by atoms with Crippen molar-refractivity contribution in [1.29, 1.82) is 0 Å². The number of aromatic nitrogens is 1. The monoisotopic (exact) mass is 500 g/mol. The molecule has 0 radical (unpaired) electrons. The number of esters is 1. The highest BCUT2D eigenvalue weighted by molar-refractivity contribution is 5.97. The van der Waals surface area contributed by atoms with Gasteiger partial charge in [0.2, 0.25) is 0 Å². The van der Waals surface area contributed by atoms with Gasteiger partial charge in [-0.15, -0.1) is 0 Å². The van der Waals surface area contributed by atoms with Crippen LogP contribution < -0.4 is 0 Å². The lowest BCUT2D eigenvalue weighted by molar-refractivity contribution is -0.136. The fourth-order valence-electron chi connectivity index (χ4n) is 3.25. The minimum absolute atomic E-state index is 0.333. The number of carbonyl (C=O) groups excluding carboxylic acids is 1. The van der Waals surface area contributed by atoms with E-state index in [-0.39, 0.29) is 0 Å². The van der Waals surface area contributed by atoms with Crippen LogP contribution in [0.3, 0.4) is 0 Å². The van der Waals surface area contributed by atoms with Crippen LogP contribution in [-0.4, -0.2) is 31.3 Å². The first-order chi connectivity index (χ1) is 18.0. The predicted molar refractivity (Wildman–Crippen MR) is 156 cm³/mol. The Morgan fingerprint density at radius 3 is 2.03 bits per heavy atom. The van der Waals surface area contributed by atoms with Crippen molar-refractivity contribution in [2.75, 3.05) is 14.2 Å². The summed E-state index contributed by atoms with van der Waals surface area (Å²) < 4.78 is 11.2. The molecule has 1 aromatic heterocycles. The maximum atomic E-state index is 12.4. The molecule has 5 nitrogen and oxygen atoms in total. The first-order valence-electron chi connectivity index (χ1n) is 12.5. The van der Waals surface area contributed by atoms with Crippen LogP contribution in [0, 0.1) is 0 Å². The van der Waals surface area contributed by atoms with E-state index in [2.05, 4.69) is 9.98 Å². The lowest BCUT2D eigenvalue weighted by Crippen LogP contribution is -2.09. The van der Waals surface area contributed by atoms with Crippen molar-refractivity contribution >= 4 is 23.5 Å². The molecular formula is C32H40N2O3. The lowest BCUT2D eigenvalue weighted by atomic mass is 9.97. The summed E-state index contributed by atoms with van der Waals surface area (Å²) in [5.74, 6) is 0.0401. The van der Waals surface area contributed by atoms with Crippen LogP contribution in [0.2, 0.25) is 0 Å². The third-order valence-corrected chi connectivity index (χ3v) is 5.39. The number of ether oxygens (including phenoxy) is 2. The number of nitrogens with zero attached hydrogens (tertiary/aromatic N) is 2. The van der Waals surface area contributed by atoms with Crippen LogP contribution in [0.4, 0.5) is 0 Å². The Balaban J connectivity index is 0.00000104. The van der Waals surface area contributed by atoms with Crippen molar-refractivity contribution in [3.8, 4) is 11.3 Å². The molecule has 0 amide bonds. The molecule has 1 heterocycles. The van der Waals surface area contributed by atoms with Crippen molar-refractivity contribution in [1.82, 2.24) is 4.98 Å². The molecule has 0 bridgehead atoms. The first kappa shape index (κ1) is 31.0. The zero-order chi connectivity index (χ0) is 27.6. The van der Waals surface area contributed by atoms with Gasteiger partial charge in [-0.25, -0.2) is 4.79 Å². The van der Waals surface area contributed by atoms with Gasteiger partial charge in [-0.2, -0.15) is 0 Å². The summed E-state index contributed by atoms with van der Waals surface area (Å²) in [6.07, 6.45) is 5.56. The third kappa shape index (κ3) is 9.53. The van der Waals surface area contributed by atoms with Gasteiger partial charge in [0, 0.05) is 24.4 Å². The van der Waals surface area contributed by atoms with Crippen LogP contribution in [-0.2, 0) is 20.9 Å². The van der Waals surface area contributed by atoms with Gasteiger partial charge in [0.05, 0.1) is 18.4 Å². The quantitative estimate of drug-likeness (QED) is 0.143. The zero-order valence-electron chi connectivity index (χ0n) is 23.4. The Morgan fingerprint density at radius 2 is 1.51 bits per heavy atom. The highest BCUT2D eigenvalue weighted by Gasteiger charge is 2.20. The molecule has 0 unspecified atom stereocenters. The molecular weight excluding hydrogens is 460 g/mol. The van der Waals surface area contributed by atoms with E-state index in [0.29, 0.717) is 17.9 Å². The van der Waals surface area contributed by atoms with Crippen molar-refractivity contribution in [3.05, 3.63) is 101 Å². The maximum Gasteiger partial charge on any atom is 0.337 e. The topological polar surface area (TPSA) is 60.8 Å². The number of hydrogen-bond donors (Lipinski definition) is 0. The molecule has 0 saturated heterocycles. The van der Waals surface area contributed by atoms with Gasteiger partial charge in [-0.1, -0.05) is 80.6 Å². The van der Waals surface area contributed by atoms with Gasteiger partial charge in [-0.05, 0) is 56.7 Å². The summed E-state index contributed by atoms with van der Waals surface area (Å²) in [4.78, 5) is 20.7. The third-order valence-electron chi connectivity index (χ3n) is 5.39. The Kier molecular flexibility index (Phi) is 14.6. The smallest absolute Gasteiger partial charge is 0.337 e. The molecule has 0 aliphatic rings. The lowest BCUT2D eigenvalue weighted by Gasteiger charge is -2.18. The average Bonchev–Trinajstić information content (AvgIpc) is 2.98. The predicted octanol–water partition coefficient (Wildman–Crippen LogP) is 8.03. The summed E-state index contributed by atoms with van der Waals surface area (Å²) in [6.45, 7) is 12.0. The second-order valence-corrected chi connectivity index (χ2v) is 7.69. The number of methoxy groups -OCH3 is 1. The van der Waals surface area contributed by atoms with E-state index >= 15 is 0 Å². The van der Waals surface area contributed by atoms with Gasteiger partial charge in [0.15, 0.2) is 0 Å². The first-order valence-corrected chi connectivity index (χ1v) is 12.5. The number of hydrogen-bond acceptors (Lipinski definition) is 5. The van der Waals surface area contributed by atoms with Crippen molar-refractivity contribution in [2.24, 2.45) is 4.99 Å². The Bertz CT molecular complexity index is 1180. The molecule has 37 heavy (non-hydrogen) atoms. The van der Waals surface area contributed by atoms with Gasteiger partial charge < -0.3 is 14.5 Å². The van der Waals surface area contributed by atoms with E-state index in [4.69, 9.17) is 9.47 Å². The zero-order valence-corrected chi connectivity index (χ0v) is 23.4. The van der Waals surface area contributed by atoms with Gasteiger partial charge in [-0.3, -0.25) is 4.98 Å². The molecule has 0 aliphatic carbocycles. The molecule has 5 heteroatoms. The average molecular weight is 501 g/mol. The molecule has 3 rings (SSSR count). The number of rotatable bonds is 7. The summed E-state index contributed by atoms with van der Waals surface area (Å²) in [5.41, 5.74) is 6.08. The molecule has 0 fully saturated rings. The molecule has 3 aromatic rings. The van der Waals surface area contributed by atoms with E-state index in [9.17, 15) is 4.79 Å². The highest BCUT2D eigenvalue weighted by Crippen LogP contribution is 2.32. The minimum Gasteiger partial charge on any atom is -0.488 e. The summed E-state index contributed by atoms with van der Waals surface area (Å²) >= 11 is 0. The van der Waals surface area contributed by atoms with Crippen molar-refractivity contribution in [3.63, 3.8) is 0 Å². The van der Waals surface area contributed by atoms with Crippen molar-refractivity contribution in [2.45, 2.75) is 48.1 Å². The second kappa shape index (κ2) is 17.4. The Morgan fingerprint density at radius 1 is 0.946 bits per heavy atom. The molecule has 0 N–H and O–H groups in total. The van der Waals surface area contributed by atoms with E-state index in [1.54, 1.807) is 26.4 Å². The largest absolute Gasteiger partial charge is 0.488 e. The summed E-state index contributed by atoms with van der Waals surface area (Å²) in [6, 6.07) is 21.9. The second-order valence-electron chi connectivity index (χ2n) is 7.69. The SMILES string of the molecule is C/C=C(/C)c1cc(-c2ccccc2)ncc1/C(OCc1ccccc1)=C(\C)C(=O)OC.CC.CC=NC. The summed E-state index contributed by atoms with van der Waals surface area (Å²) in [5, 5.41) is 0. The molecule has 2 aromatic carbocycles. The number of aliphatic imine (C=N–C) groups is 1. The number of pyridine rings is 1. The van der Waals surface area contributed by atoms with E-state index in [1.807, 2.05) is 107 Å². The standard InChI is InChI=1S/C27H27NO3.C3H7N.C2H6/c1-5-19(2)23-16-25(22-14-10-7-11-15-22)28-17-24(23)26(20(3)27(29)30-4)31-18-21-12-8-6-9-13-21;1-3-4-2;1-2/h5-17H,18H2,1-4H3;3H,1-2H3;1-2H3/b19-5-,26-20-;;. The van der Waals surface area contributed by atoms with Gasteiger partial charge in [0.25, 0.3) is 0 Å². The van der Waals surface area contributed by atoms with E-state index in [0.717, 1.165) is 33.5 Å². The van der Waals surface area contributed by atoms with E-state index in [1.165, 1.54) is 7.11 Å². The van der Waals surface area contributed by atoms with Crippen LogP contribution in [0.1, 0.15) is 58.2 Å². The molecule has 0 atom stereocenters. The molecule has 0 spiro atoms. The van der Waals surface area contributed by atoms with Gasteiger partial charge >= 0.3 is 5.97 Å². The molecule has 196 valence electrons. The van der Waals surface area contributed by atoms with Crippen LogP contribution in [0.15, 0.2) is 89.6 Å². The fraction of sp³-hybridized carbons (Fsp3) is 0.281. The Hall–Kier alpha value is -3.99. The normalized spacial score (nSPS) is 11.4. The van der Waals surface area contributed by atoms with Crippen molar-refractivity contribution < 1.29 is 14.3 Å². The van der Waals surface area contributed by atoms with Crippen LogP contribution >= 0.6 is 0 Å². The van der Waals surface area contributed by atoms with Gasteiger partial charge in [0.1, 0.15) is 12.4 Å². The van der Waals surface area contributed by atoms with Crippen LogP contribution in [0.5, 0.6) is 0 Å². The number of benzene rings is 2. The highest BCUT2D eigenvalue weighted by atomic mass is 16.5. The molecule has 0 saturated carbocycles. The van der Waals surface area contributed by atoms with E-state index < -0.39 is 5.97 Å². The minimum atomic E-state index is -0.431. The molecule has 0 aliphatic heterocycles. The maximum absolute atomic E-state index is 12.4. The number of carbonyl (C=O) groups is 1. The summed E-state index contributed by atoms with van der Waals surface area (Å²) in [7, 11) is 3.12. The fourth-order valence-corrected chi connectivity index (χ4v) is 3.25. The Labute approximate surface area is 222 Å². The van der Waals surface area contributed by atoms with Crippen LogP contribution in [0.25, 0.3) is 22.6 Å².